The number of aryl methyl sites for hydroxylation is 1. The van der Waals surface area contributed by atoms with Crippen LogP contribution in [0.3, 0.4) is 0 Å². The van der Waals surface area contributed by atoms with E-state index < -0.39 is 5.60 Å². The number of aromatic amines is 1. The smallest absolute Gasteiger partial charge is 0.139 e. The molecule has 1 N–H and O–H groups in total. The summed E-state index contributed by atoms with van der Waals surface area (Å²) in [6.07, 6.45) is 3.72. The summed E-state index contributed by atoms with van der Waals surface area (Å²) >= 11 is 5.23. The van der Waals surface area contributed by atoms with E-state index in [4.69, 9.17) is 17.0 Å². The Morgan fingerprint density at radius 3 is 2.79 bits per heavy atom. The maximum Gasteiger partial charge on any atom is 0.139 e. The second kappa shape index (κ2) is 5.22. The number of nitrogens with one attached hydrogen (secondary N) is 1. The summed E-state index contributed by atoms with van der Waals surface area (Å²) < 4.78 is 8.00. The number of hydrogen-bond donors (Lipinski definition) is 1. The first-order valence-electron chi connectivity index (χ1n) is 6.17. The van der Waals surface area contributed by atoms with Gasteiger partial charge in [0.05, 0.1) is 11.9 Å². The lowest BCUT2D eigenvalue weighted by molar-refractivity contribution is -0.0208. The van der Waals surface area contributed by atoms with Crippen LogP contribution in [0.1, 0.15) is 26.6 Å². The topological polar surface area (TPSA) is 55.7 Å². The zero-order valence-electron chi connectivity index (χ0n) is 11.6. The summed E-state index contributed by atoms with van der Waals surface area (Å²) in [6.45, 7) is 6.52. The predicted molar refractivity (Wildman–Crippen MR) is 76.3 cm³/mol. The minimum atomic E-state index is -0.499. The van der Waals surface area contributed by atoms with Crippen molar-refractivity contribution in [3.63, 3.8) is 0 Å². The number of rotatable bonds is 4. The van der Waals surface area contributed by atoms with Gasteiger partial charge in [0.25, 0.3) is 0 Å². The van der Waals surface area contributed by atoms with E-state index in [0.29, 0.717) is 11.2 Å². The number of ether oxygens (including phenoxy) is 1. The first kappa shape index (κ1) is 13.9. The minimum Gasteiger partial charge on any atom is -0.368 e. The highest BCUT2D eigenvalue weighted by Crippen LogP contribution is 2.24. The summed E-state index contributed by atoms with van der Waals surface area (Å²) in [4.78, 5) is 7.65. The second-order valence-corrected chi connectivity index (χ2v) is 5.25. The number of nitrogens with zero attached hydrogens (tertiary/aromatic N) is 3. The average molecular weight is 278 g/mol. The fourth-order valence-electron chi connectivity index (χ4n) is 1.89. The Kier molecular flexibility index (Phi) is 3.82. The van der Waals surface area contributed by atoms with Gasteiger partial charge in [0.1, 0.15) is 16.1 Å². The molecule has 0 amide bonds. The largest absolute Gasteiger partial charge is 0.368 e. The zero-order valence-corrected chi connectivity index (χ0v) is 12.4. The van der Waals surface area contributed by atoms with Crippen LogP contribution in [0.4, 0.5) is 0 Å². The predicted octanol–water partition coefficient (Wildman–Crippen LogP) is 2.81. The first-order valence-corrected chi connectivity index (χ1v) is 6.58. The molecule has 0 aliphatic rings. The quantitative estimate of drug-likeness (QED) is 0.874. The van der Waals surface area contributed by atoms with Gasteiger partial charge in [0.15, 0.2) is 0 Å². The first-order chi connectivity index (χ1) is 8.92. The molecule has 102 valence electrons. The number of H-pyrrole nitrogens is 1. The fourth-order valence-corrected chi connectivity index (χ4v) is 2.10. The van der Waals surface area contributed by atoms with Gasteiger partial charge in [-0.05, 0) is 26.8 Å². The van der Waals surface area contributed by atoms with E-state index in [2.05, 4.69) is 15.1 Å². The van der Waals surface area contributed by atoms with E-state index in [1.165, 1.54) is 0 Å². The highest BCUT2D eigenvalue weighted by atomic mass is 32.1. The molecule has 0 fully saturated rings. The molecule has 0 saturated carbocycles. The highest BCUT2D eigenvalue weighted by Gasteiger charge is 2.24. The van der Waals surface area contributed by atoms with Crippen LogP contribution in [0, 0.1) is 4.64 Å². The van der Waals surface area contributed by atoms with Crippen LogP contribution >= 0.6 is 12.2 Å². The molecule has 0 radical (unpaired) electrons. The second-order valence-electron chi connectivity index (χ2n) is 4.83. The number of hydrogen-bond acceptors (Lipinski definition) is 4. The van der Waals surface area contributed by atoms with E-state index in [1.807, 2.05) is 40.1 Å². The van der Waals surface area contributed by atoms with Crippen LogP contribution in [0.25, 0.3) is 11.3 Å². The maximum absolute atomic E-state index is 5.71. The monoisotopic (exact) mass is 278 g/mol. The molecule has 0 unspecified atom stereocenters. The third-order valence-electron chi connectivity index (χ3n) is 2.83. The van der Waals surface area contributed by atoms with Gasteiger partial charge < -0.3 is 9.72 Å². The van der Waals surface area contributed by atoms with Crippen LogP contribution in [0.15, 0.2) is 18.5 Å². The molecule has 0 aliphatic heterocycles. The molecule has 6 heteroatoms. The number of aromatic nitrogens is 4. The molecular weight excluding hydrogens is 260 g/mol. The summed E-state index contributed by atoms with van der Waals surface area (Å²) in [6, 6.07) is 1.83. The van der Waals surface area contributed by atoms with Gasteiger partial charge in [-0.3, -0.25) is 4.68 Å². The Balaban J connectivity index is 2.49. The van der Waals surface area contributed by atoms with Gasteiger partial charge in [-0.2, -0.15) is 5.10 Å². The Bertz CT molecular complexity index is 630. The van der Waals surface area contributed by atoms with Gasteiger partial charge in [0, 0.05) is 25.4 Å². The van der Waals surface area contributed by atoms with E-state index in [1.54, 1.807) is 10.9 Å². The van der Waals surface area contributed by atoms with Crippen molar-refractivity contribution in [3.8, 4) is 11.3 Å². The van der Waals surface area contributed by atoms with Crippen molar-refractivity contribution in [1.82, 2.24) is 19.7 Å². The van der Waals surface area contributed by atoms with Crippen molar-refractivity contribution < 1.29 is 4.74 Å². The van der Waals surface area contributed by atoms with Crippen molar-refractivity contribution in [2.75, 3.05) is 6.61 Å². The Hall–Kier alpha value is -1.53. The summed E-state index contributed by atoms with van der Waals surface area (Å²) in [5.41, 5.74) is 1.38. The molecule has 2 heterocycles. The average Bonchev–Trinajstić information content (AvgIpc) is 2.75. The summed E-state index contributed by atoms with van der Waals surface area (Å²) in [5.74, 6) is 0.723. The van der Waals surface area contributed by atoms with E-state index in [-0.39, 0.29) is 0 Å². The van der Waals surface area contributed by atoms with Crippen molar-refractivity contribution in [1.29, 1.82) is 0 Å². The molecule has 2 aromatic heterocycles. The van der Waals surface area contributed by atoms with E-state index >= 15 is 0 Å². The SMILES string of the molecule is CCOC(C)(C)c1nc(=S)cc(-c2cnn(C)c2)[nH]1. The standard InChI is InChI=1S/C13H18N4OS/c1-5-18-13(2,3)12-15-10(6-11(19)16-12)9-7-14-17(4)8-9/h6-8H,5H2,1-4H3,(H,15,16,19). The van der Waals surface area contributed by atoms with Gasteiger partial charge in [-0.25, -0.2) is 4.98 Å². The molecule has 0 spiro atoms. The highest BCUT2D eigenvalue weighted by molar-refractivity contribution is 7.71. The van der Waals surface area contributed by atoms with Crippen molar-refractivity contribution >= 4 is 12.2 Å². The molecule has 0 aromatic carbocycles. The molecular formula is C13H18N4OS. The molecule has 5 nitrogen and oxygen atoms in total. The molecule has 0 saturated heterocycles. The van der Waals surface area contributed by atoms with Gasteiger partial charge in [-0.1, -0.05) is 12.2 Å². The maximum atomic E-state index is 5.71. The van der Waals surface area contributed by atoms with E-state index in [0.717, 1.165) is 17.1 Å². The fraction of sp³-hybridized carbons (Fsp3) is 0.462. The molecule has 19 heavy (non-hydrogen) atoms. The van der Waals surface area contributed by atoms with Crippen molar-refractivity contribution in [2.24, 2.45) is 7.05 Å². The molecule has 0 atom stereocenters. The Labute approximate surface area is 117 Å². The Morgan fingerprint density at radius 2 is 2.21 bits per heavy atom. The van der Waals surface area contributed by atoms with Gasteiger partial charge in [0.2, 0.25) is 0 Å². The molecule has 2 rings (SSSR count). The third-order valence-corrected chi connectivity index (χ3v) is 3.04. The van der Waals surface area contributed by atoms with Gasteiger partial charge in [-0.15, -0.1) is 0 Å². The van der Waals surface area contributed by atoms with Crippen LogP contribution in [0.5, 0.6) is 0 Å². The van der Waals surface area contributed by atoms with Crippen LogP contribution in [-0.4, -0.2) is 26.4 Å². The molecule has 2 aromatic rings. The van der Waals surface area contributed by atoms with Crippen LogP contribution in [0.2, 0.25) is 0 Å². The zero-order chi connectivity index (χ0) is 14.0. The summed E-state index contributed by atoms with van der Waals surface area (Å²) in [5, 5.41) is 4.16. The molecule has 0 bridgehead atoms. The third kappa shape index (κ3) is 3.08. The van der Waals surface area contributed by atoms with Crippen molar-refractivity contribution in [3.05, 3.63) is 28.9 Å². The minimum absolute atomic E-state index is 0.499. The van der Waals surface area contributed by atoms with Crippen LogP contribution in [-0.2, 0) is 17.4 Å². The normalized spacial score (nSPS) is 11.8. The molecule has 0 aliphatic carbocycles. The Morgan fingerprint density at radius 1 is 1.47 bits per heavy atom. The van der Waals surface area contributed by atoms with E-state index in [9.17, 15) is 0 Å². The van der Waals surface area contributed by atoms with Crippen molar-refractivity contribution in [2.45, 2.75) is 26.4 Å². The van der Waals surface area contributed by atoms with Crippen LogP contribution < -0.4 is 0 Å². The lowest BCUT2D eigenvalue weighted by atomic mass is 10.1. The lowest BCUT2D eigenvalue weighted by Gasteiger charge is -2.24. The van der Waals surface area contributed by atoms with Gasteiger partial charge >= 0.3 is 0 Å². The lowest BCUT2D eigenvalue weighted by Crippen LogP contribution is -2.25. The summed E-state index contributed by atoms with van der Waals surface area (Å²) in [7, 11) is 1.88.